The highest BCUT2D eigenvalue weighted by Gasteiger charge is 2.25. The molecule has 0 aliphatic carbocycles. The number of hydrogen-bond acceptors (Lipinski definition) is 6. The van der Waals surface area contributed by atoms with E-state index in [2.05, 4.69) is 62.6 Å². The zero-order chi connectivity index (χ0) is 25.4. The third-order valence-corrected chi connectivity index (χ3v) is 10.2. The highest BCUT2D eigenvalue weighted by Crippen LogP contribution is 2.30. The van der Waals surface area contributed by atoms with Gasteiger partial charge in [-0.25, -0.2) is 9.78 Å². The molecule has 0 aromatic carbocycles. The average molecular weight is 591 g/mol. The smallest absolute Gasteiger partial charge is 0.329 e. The molecule has 1 aliphatic heterocycles. The number of nitrogens with zero attached hydrogens (tertiary/aromatic N) is 4. The number of piperidine rings is 1. The predicted octanol–water partition coefficient (Wildman–Crippen LogP) is 5.01. The van der Waals surface area contributed by atoms with E-state index in [0.29, 0.717) is 24.2 Å². The van der Waals surface area contributed by atoms with E-state index in [9.17, 15) is 9.59 Å². The minimum atomic E-state index is -1.17. The van der Waals surface area contributed by atoms with Gasteiger partial charge in [0, 0.05) is 63.0 Å². The molecule has 0 radical (unpaired) electrons. The number of pyridine rings is 1. The molecule has 0 saturated carbocycles. The minimum Gasteiger partial charge on any atom is -0.361 e. The van der Waals surface area contributed by atoms with E-state index in [1.165, 1.54) is 4.88 Å². The van der Waals surface area contributed by atoms with Crippen LogP contribution in [-0.2, 0) is 18.0 Å². The monoisotopic (exact) mass is 589 g/mol. The highest BCUT2D eigenvalue weighted by atomic mass is 79.9. The Labute approximate surface area is 223 Å². The summed E-state index contributed by atoms with van der Waals surface area (Å²) in [5, 5.41) is 1.26. The van der Waals surface area contributed by atoms with Crippen molar-refractivity contribution in [3.8, 4) is 0 Å². The van der Waals surface area contributed by atoms with Crippen molar-refractivity contribution in [3.63, 3.8) is 0 Å². The molecule has 0 bridgehead atoms. The van der Waals surface area contributed by atoms with Gasteiger partial charge in [0.2, 0.25) is 0 Å². The number of aromatic nitrogens is 4. The molecule has 4 aromatic heterocycles. The second-order valence-corrected chi connectivity index (χ2v) is 18.9. The van der Waals surface area contributed by atoms with Gasteiger partial charge in [0.15, 0.2) is 0 Å². The van der Waals surface area contributed by atoms with Crippen LogP contribution >= 0.6 is 27.3 Å². The summed E-state index contributed by atoms with van der Waals surface area (Å²) >= 11 is 5.30. The Morgan fingerprint density at radius 2 is 1.94 bits per heavy atom. The van der Waals surface area contributed by atoms with Crippen LogP contribution < -0.4 is 11.2 Å². The van der Waals surface area contributed by atoms with Gasteiger partial charge in [-0.3, -0.25) is 19.2 Å². The lowest BCUT2D eigenvalue weighted by molar-refractivity contribution is 0.0899. The number of H-pyrrole nitrogens is 1. The van der Waals surface area contributed by atoms with Gasteiger partial charge in [-0.1, -0.05) is 19.6 Å². The van der Waals surface area contributed by atoms with Crippen molar-refractivity contribution in [1.29, 1.82) is 0 Å². The summed E-state index contributed by atoms with van der Waals surface area (Å²) in [6.45, 7) is 10.8. The number of halogens is 1. The minimum absolute atomic E-state index is 0.0186. The van der Waals surface area contributed by atoms with Crippen molar-refractivity contribution in [1.82, 2.24) is 24.0 Å². The number of rotatable bonds is 8. The van der Waals surface area contributed by atoms with Gasteiger partial charge in [-0.15, -0.1) is 11.3 Å². The molecule has 4 aromatic rings. The standard InChI is InChI=1S/C25H32BrN5O3SSi/c1-36(2,3)13-12-34-16-30-11-8-19-22-20(14-27-23(19)30)24(32)28-25(33)31(22)17-6-9-29(10-7-17)15-18-4-5-21(26)35-18/h4-5,8,11,14,17H,6-7,9-10,12-13,15-16H2,1-3H3,(H,28,32,33). The van der Waals surface area contributed by atoms with Gasteiger partial charge in [-0.2, -0.15) is 0 Å². The number of likely N-dealkylation sites (tertiary alicyclic amines) is 1. The maximum atomic E-state index is 13.1. The fraction of sp³-hybridized carbons (Fsp3) is 0.480. The topological polar surface area (TPSA) is 85.1 Å². The molecule has 11 heteroatoms. The third kappa shape index (κ3) is 5.45. The van der Waals surface area contributed by atoms with Crippen LogP contribution in [0.2, 0.25) is 25.7 Å². The third-order valence-electron chi connectivity index (χ3n) is 6.84. The van der Waals surface area contributed by atoms with Crippen molar-refractivity contribution < 1.29 is 4.74 Å². The van der Waals surface area contributed by atoms with Gasteiger partial charge < -0.3 is 9.30 Å². The summed E-state index contributed by atoms with van der Waals surface area (Å²) in [7, 11) is -1.17. The lowest BCUT2D eigenvalue weighted by Gasteiger charge is -2.33. The van der Waals surface area contributed by atoms with Gasteiger partial charge in [-0.05, 0) is 53.0 Å². The van der Waals surface area contributed by atoms with E-state index in [4.69, 9.17) is 4.74 Å². The quantitative estimate of drug-likeness (QED) is 0.230. The van der Waals surface area contributed by atoms with Crippen molar-refractivity contribution in [2.75, 3.05) is 19.7 Å². The fourth-order valence-electron chi connectivity index (χ4n) is 4.86. The van der Waals surface area contributed by atoms with E-state index in [-0.39, 0.29) is 17.3 Å². The van der Waals surface area contributed by atoms with E-state index in [1.54, 1.807) is 22.1 Å². The Kier molecular flexibility index (Phi) is 7.37. The van der Waals surface area contributed by atoms with Crippen LogP contribution in [0, 0.1) is 0 Å². The second-order valence-electron chi connectivity index (χ2n) is 10.7. The largest absolute Gasteiger partial charge is 0.361 e. The van der Waals surface area contributed by atoms with Crippen LogP contribution in [-0.4, -0.2) is 51.8 Å². The lowest BCUT2D eigenvalue weighted by atomic mass is 10.0. The molecule has 1 fully saturated rings. The molecule has 0 amide bonds. The normalized spacial score (nSPS) is 15.9. The van der Waals surface area contributed by atoms with Gasteiger partial charge in [0.05, 0.1) is 14.7 Å². The predicted molar refractivity (Wildman–Crippen MR) is 152 cm³/mol. The number of ether oxygens (including phenoxy) is 1. The van der Waals surface area contributed by atoms with Crippen LogP contribution in [0.1, 0.15) is 23.8 Å². The van der Waals surface area contributed by atoms with Crippen molar-refractivity contribution in [2.24, 2.45) is 0 Å². The van der Waals surface area contributed by atoms with E-state index < -0.39 is 8.07 Å². The second kappa shape index (κ2) is 10.4. The number of fused-ring (bicyclic) bond motifs is 3. The molecule has 1 N–H and O–H groups in total. The molecule has 192 valence electrons. The number of hydrogen-bond donors (Lipinski definition) is 1. The molecule has 36 heavy (non-hydrogen) atoms. The van der Waals surface area contributed by atoms with Crippen molar-refractivity contribution in [2.45, 2.75) is 57.8 Å². The van der Waals surface area contributed by atoms with Gasteiger partial charge >= 0.3 is 5.69 Å². The van der Waals surface area contributed by atoms with E-state index in [1.807, 2.05) is 16.8 Å². The molecular weight excluding hydrogens is 558 g/mol. The van der Waals surface area contributed by atoms with E-state index >= 15 is 0 Å². The first-order valence-corrected chi connectivity index (χ1v) is 17.7. The number of nitrogens with one attached hydrogen (secondary N) is 1. The number of thiophene rings is 1. The number of aromatic amines is 1. The maximum Gasteiger partial charge on any atom is 0.329 e. The highest BCUT2D eigenvalue weighted by molar-refractivity contribution is 9.11. The Bertz CT molecular complexity index is 1490. The molecule has 0 atom stereocenters. The first-order chi connectivity index (χ1) is 17.2. The Morgan fingerprint density at radius 1 is 1.17 bits per heavy atom. The molecule has 5 heterocycles. The van der Waals surface area contributed by atoms with E-state index in [0.717, 1.165) is 53.3 Å². The summed E-state index contributed by atoms with van der Waals surface area (Å²) in [4.78, 5) is 36.7. The lowest BCUT2D eigenvalue weighted by Crippen LogP contribution is -2.39. The zero-order valence-electron chi connectivity index (χ0n) is 20.9. The summed E-state index contributed by atoms with van der Waals surface area (Å²) in [6.07, 6.45) is 5.22. The Balaban J connectivity index is 1.42. The first-order valence-electron chi connectivity index (χ1n) is 12.4. The molecule has 8 nitrogen and oxygen atoms in total. The summed E-state index contributed by atoms with van der Waals surface area (Å²) in [5.41, 5.74) is 0.672. The van der Waals surface area contributed by atoms with Gasteiger partial charge in [0.25, 0.3) is 5.56 Å². The summed E-state index contributed by atoms with van der Waals surface area (Å²) < 4.78 is 10.8. The fourth-order valence-corrected chi connectivity index (χ4v) is 7.15. The molecular formula is C25H32BrN5O3SSi. The molecule has 1 saturated heterocycles. The zero-order valence-corrected chi connectivity index (χ0v) is 24.3. The molecule has 1 aliphatic rings. The molecule has 0 unspecified atom stereocenters. The Hall–Kier alpha value is -2.05. The van der Waals surface area contributed by atoms with Crippen LogP contribution in [0.15, 0.2) is 44.0 Å². The van der Waals surface area contributed by atoms with Crippen molar-refractivity contribution in [3.05, 3.63) is 60.1 Å². The van der Waals surface area contributed by atoms with Gasteiger partial charge in [0.1, 0.15) is 12.4 Å². The Morgan fingerprint density at radius 3 is 2.64 bits per heavy atom. The summed E-state index contributed by atoms with van der Waals surface area (Å²) in [5.74, 6) is 0. The first kappa shape index (κ1) is 25.6. The average Bonchev–Trinajstić information content (AvgIpc) is 3.43. The van der Waals surface area contributed by atoms with Crippen LogP contribution in [0.5, 0.6) is 0 Å². The van der Waals surface area contributed by atoms with Crippen LogP contribution in [0.25, 0.3) is 21.9 Å². The van der Waals surface area contributed by atoms with Crippen LogP contribution in [0.4, 0.5) is 0 Å². The maximum absolute atomic E-state index is 13.1. The summed E-state index contributed by atoms with van der Waals surface area (Å²) in [6, 6.07) is 7.31. The van der Waals surface area contributed by atoms with Crippen LogP contribution in [0.3, 0.4) is 0 Å². The molecule has 5 rings (SSSR count). The molecule has 0 spiro atoms. The SMILES string of the molecule is C[Si](C)(C)CCOCn1ccc2c1ncc1c(=O)[nH]c(=O)n(C3CCN(Cc4ccc(Br)s4)CC3)c12. The van der Waals surface area contributed by atoms with Crippen molar-refractivity contribution >= 4 is 57.3 Å².